The lowest BCUT2D eigenvalue weighted by molar-refractivity contribution is -0.173. The van der Waals surface area contributed by atoms with Crippen LogP contribution in [0.15, 0.2) is 12.1 Å². The minimum Gasteiger partial charge on any atom is -0.481 e. The first-order valence-electron chi connectivity index (χ1n) is 9.96. The fourth-order valence-electron chi connectivity index (χ4n) is 4.08. The van der Waals surface area contributed by atoms with E-state index in [0.717, 1.165) is 16.7 Å². The lowest BCUT2D eigenvalue weighted by Gasteiger charge is -2.41. The van der Waals surface area contributed by atoms with Crippen molar-refractivity contribution >= 4 is 23.7 Å². The molecule has 29 heavy (non-hydrogen) atoms. The molecule has 1 atom stereocenters. The molecule has 1 saturated heterocycles. The molecule has 0 bridgehead atoms. The van der Waals surface area contributed by atoms with Crippen LogP contribution in [0.2, 0.25) is 5.02 Å². The average Bonchev–Trinajstić information content (AvgIpc) is 2.88. The highest BCUT2D eigenvalue weighted by molar-refractivity contribution is 6.31. The molecular weight excluding hydrogens is 394 g/mol. The minimum atomic E-state index is -1.10. The first kappa shape index (κ1) is 21.9. The number of nitrogens with zero attached hydrogens (tertiary/aromatic N) is 1. The zero-order chi connectivity index (χ0) is 21.8. The largest absolute Gasteiger partial charge is 0.481 e. The lowest BCUT2D eigenvalue weighted by Crippen LogP contribution is -2.47. The molecule has 0 saturated carbocycles. The van der Waals surface area contributed by atoms with E-state index in [9.17, 15) is 14.7 Å². The van der Waals surface area contributed by atoms with Crippen molar-refractivity contribution in [3.63, 3.8) is 0 Å². The number of ether oxygens (including phenoxy) is 2. The van der Waals surface area contributed by atoms with Crippen LogP contribution in [0.1, 0.15) is 70.3 Å². The Bertz CT molecular complexity index is 834. The van der Waals surface area contributed by atoms with E-state index >= 15 is 0 Å². The van der Waals surface area contributed by atoms with Crippen molar-refractivity contribution in [1.29, 1.82) is 0 Å². The number of carboxylic acid groups (broad SMARTS) is 1. The molecular formula is C22H30ClNO5. The molecule has 1 fully saturated rings. The van der Waals surface area contributed by atoms with Gasteiger partial charge in [-0.1, -0.05) is 17.7 Å². The van der Waals surface area contributed by atoms with Gasteiger partial charge in [-0.3, -0.25) is 4.79 Å². The van der Waals surface area contributed by atoms with Gasteiger partial charge in [-0.05, 0) is 77.1 Å². The predicted molar refractivity (Wildman–Crippen MR) is 110 cm³/mol. The summed E-state index contributed by atoms with van der Waals surface area (Å²) in [4.78, 5) is 26.1. The number of hydrogen-bond donors (Lipinski definition) is 1. The van der Waals surface area contributed by atoms with Crippen molar-refractivity contribution in [3.05, 3.63) is 33.8 Å². The number of aliphatic carboxylic acids is 1. The van der Waals surface area contributed by atoms with Gasteiger partial charge in [0, 0.05) is 18.1 Å². The second-order valence-corrected chi connectivity index (χ2v) is 10.1. The maximum Gasteiger partial charge on any atom is 0.410 e. The summed E-state index contributed by atoms with van der Waals surface area (Å²) in [7, 11) is 0. The quantitative estimate of drug-likeness (QED) is 0.719. The Labute approximate surface area is 177 Å². The third-order valence-corrected chi connectivity index (χ3v) is 6.28. The van der Waals surface area contributed by atoms with E-state index in [1.165, 1.54) is 0 Å². The van der Waals surface area contributed by atoms with Crippen molar-refractivity contribution in [2.75, 3.05) is 13.1 Å². The molecule has 160 valence electrons. The summed E-state index contributed by atoms with van der Waals surface area (Å²) < 4.78 is 12.0. The number of hydrogen-bond acceptors (Lipinski definition) is 4. The third-order valence-electron chi connectivity index (χ3n) is 5.88. The van der Waals surface area contributed by atoms with Gasteiger partial charge in [0.15, 0.2) is 0 Å². The Kier molecular flexibility index (Phi) is 5.41. The van der Waals surface area contributed by atoms with Gasteiger partial charge in [0.05, 0.1) is 17.1 Å². The number of piperidine rings is 1. The molecule has 1 aromatic carbocycles. The average molecular weight is 424 g/mol. The zero-order valence-electron chi connectivity index (χ0n) is 18.0. The van der Waals surface area contributed by atoms with Gasteiger partial charge in [-0.25, -0.2) is 4.79 Å². The fourth-order valence-corrected chi connectivity index (χ4v) is 4.24. The Morgan fingerprint density at radius 3 is 2.31 bits per heavy atom. The molecule has 6 nitrogen and oxygen atoms in total. The third kappa shape index (κ3) is 3.97. The molecule has 2 aliphatic rings. The van der Waals surface area contributed by atoms with E-state index in [4.69, 9.17) is 21.1 Å². The molecule has 7 heteroatoms. The van der Waals surface area contributed by atoms with Crippen LogP contribution in [0, 0.1) is 12.3 Å². The SMILES string of the molecule is Cc1cc2c(cc1Cl)C1(CCN(C(=O)OC(C)(C)C)CC1)O[C@@H]2C(C)(C)C(=O)O. The highest BCUT2D eigenvalue weighted by Crippen LogP contribution is 2.55. The second-order valence-electron chi connectivity index (χ2n) is 9.68. The first-order valence-corrected chi connectivity index (χ1v) is 10.3. The van der Waals surface area contributed by atoms with Gasteiger partial charge in [0.1, 0.15) is 5.60 Å². The molecule has 1 amide bonds. The lowest BCUT2D eigenvalue weighted by atomic mass is 9.79. The molecule has 0 radical (unpaired) electrons. The summed E-state index contributed by atoms with van der Waals surface area (Å²) in [5.41, 5.74) is 0.415. The Balaban J connectivity index is 1.91. The first-order chi connectivity index (χ1) is 13.3. The van der Waals surface area contributed by atoms with Crippen molar-refractivity contribution in [3.8, 4) is 0 Å². The number of amides is 1. The molecule has 0 unspecified atom stereocenters. The molecule has 1 spiro atoms. The van der Waals surface area contributed by atoms with E-state index in [-0.39, 0.29) is 6.09 Å². The van der Waals surface area contributed by atoms with E-state index in [0.29, 0.717) is 31.0 Å². The molecule has 3 rings (SSSR count). The number of aryl methyl sites for hydroxylation is 1. The number of carbonyl (C=O) groups is 2. The number of carboxylic acids is 1. The normalized spacial score (nSPS) is 21.2. The fraction of sp³-hybridized carbons (Fsp3) is 0.636. The van der Waals surface area contributed by atoms with Gasteiger partial charge >= 0.3 is 12.1 Å². The molecule has 0 aliphatic carbocycles. The van der Waals surface area contributed by atoms with Crippen molar-refractivity contribution in [1.82, 2.24) is 4.90 Å². The van der Waals surface area contributed by atoms with Crippen LogP contribution in [0.25, 0.3) is 0 Å². The van der Waals surface area contributed by atoms with Gasteiger partial charge in [-0.2, -0.15) is 0 Å². The number of likely N-dealkylation sites (tertiary alicyclic amines) is 1. The number of fused-ring (bicyclic) bond motifs is 2. The van der Waals surface area contributed by atoms with E-state index in [1.54, 1.807) is 18.7 Å². The Morgan fingerprint density at radius 1 is 1.21 bits per heavy atom. The molecule has 1 aromatic rings. The van der Waals surface area contributed by atoms with Crippen LogP contribution in [0.3, 0.4) is 0 Å². The van der Waals surface area contributed by atoms with Crippen molar-refractivity contribution < 1.29 is 24.2 Å². The summed E-state index contributed by atoms with van der Waals surface area (Å²) in [6.07, 6.45) is 0.198. The second kappa shape index (κ2) is 7.17. The van der Waals surface area contributed by atoms with Crippen LogP contribution in [0.5, 0.6) is 0 Å². The maximum atomic E-state index is 12.4. The van der Waals surface area contributed by atoms with Crippen LogP contribution in [-0.2, 0) is 19.9 Å². The summed E-state index contributed by atoms with van der Waals surface area (Å²) in [6.45, 7) is 11.7. The summed E-state index contributed by atoms with van der Waals surface area (Å²) >= 11 is 6.41. The number of benzene rings is 1. The van der Waals surface area contributed by atoms with Crippen molar-refractivity contribution in [2.45, 2.75) is 71.7 Å². The monoisotopic (exact) mass is 423 g/mol. The summed E-state index contributed by atoms with van der Waals surface area (Å²) in [5.74, 6) is -0.913. The Hall–Kier alpha value is -1.79. The highest BCUT2D eigenvalue weighted by atomic mass is 35.5. The highest BCUT2D eigenvalue weighted by Gasteiger charge is 2.53. The van der Waals surface area contributed by atoms with Crippen LogP contribution in [0.4, 0.5) is 4.79 Å². The number of carbonyl (C=O) groups excluding carboxylic acids is 1. The van der Waals surface area contributed by atoms with Crippen molar-refractivity contribution in [2.24, 2.45) is 5.41 Å². The Morgan fingerprint density at radius 2 is 1.79 bits per heavy atom. The van der Waals surface area contributed by atoms with E-state index in [2.05, 4.69) is 0 Å². The van der Waals surface area contributed by atoms with Crippen LogP contribution in [-0.4, -0.2) is 40.8 Å². The topological polar surface area (TPSA) is 76.1 Å². The predicted octanol–water partition coefficient (Wildman–Crippen LogP) is 5.06. The minimum absolute atomic E-state index is 0.338. The van der Waals surface area contributed by atoms with Gasteiger partial charge in [-0.15, -0.1) is 0 Å². The van der Waals surface area contributed by atoms with Gasteiger partial charge < -0.3 is 19.5 Å². The summed E-state index contributed by atoms with van der Waals surface area (Å²) in [5, 5.41) is 10.4. The number of rotatable bonds is 2. The van der Waals surface area contributed by atoms with E-state index < -0.39 is 28.7 Å². The van der Waals surface area contributed by atoms with Gasteiger partial charge in [0.25, 0.3) is 0 Å². The van der Waals surface area contributed by atoms with Crippen LogP contribution >= 0.6 is 11.6 Å². The van der Waals surface area contributed by atoms with E-state index in [1.807, 2.05) is 39.8 Å². The zero-order valence-corrected chi connectivity index (χ0v) is 18.7. The smallest absolute Gasteiger partial charge is 0.410 e. The molecule has 0 aromatic heterocycles. The molecule has 2 heterocycles. The standard InChI is InChI=1S/C22H30ClNO5/c1-13-11-14-15(12-16(13)23)22(28-17(14)21(5,6)18(25)26)7-9-24(10-8-22)19(27)29-20(2,3)4/h11-12,17H,7-10H2,1-6H3,(H,25,26)/t17-/m0/s1. The molecule has 1 N–H and O–H groups in total. The molecule has 2 aliphatic heterocycles. The van der Waals surface area contributed by atoms with Gasteiger partial charge in [0.2, 0.25) is 0 Å². The summed E-state index contributed by atoms with van der Waals surface area (Å²) in [6, 6.07) is 3.86. The maximum absolute atomic E-state index is 12.4. The number of halogens is 1. The van der Waals surface area contributed by atoms with Crippen LogP contribution < -0.4 is 0 Å².